The fourth-order valence-electron chi connectivity index (χ4n) is 2.64. The standard InChI is InChI=1S/C19H20N2O4S/c1-12(2)21-16-8-7-13(9-17(16)26-19(21)23)20-18(22)11-25-15-6-4-5-14(10-15)24-3/h4-10,12H,11H2,1-3H3,(H,20,22). The molecular weight excluding hydrogens is 352 g/mol. The van der Waals surface area contributed by atoms with Crippen LogP contribution in [0.15, 0.2) is 47.3 Å². The number of nitrogens with one attached hydrogen (secondary N) is 1. The fraction of sp³-hybridized carbons (Fsp3) is 0.263. The zero-order chi connectivity index (χ0) is 18.7. The Bertz CT molecular complexity index is 991. The molecule has 0 unspecified atom stereocenters. The van der Waals surface area contributed by atoms with Gasteiger partial charge in [0.25, 0.3) is 5.91 Å². The van der Waals surface area contributed by atoms with Crippen LogP contribution in [0.5, 0.6) is 11.5 Å². The quantitative estimate of drug-likeness (QED) is 0.717. The normalized spacial score (nSPS) is 10.9. The highest BCUT2D eigenvalue weighted by Gasteiger charge is 2.12. The van der Waals surface area contributed by atoms with Crippen LogP contribution >= 0.6 is 11.3 Å². The van der Waals surface area contributed by atoms with Gasteiger partial charge < -0.3 is 14.8 Å². The van der Waals surface area contributed by atoms with Crippen LogP contribution in [-0.4, -0.2) is 24.2 Å². The molecular formula is C19H20N2O4S. The number of thiazole rings is 1. The molecule has 2 aromatic carbocycles. The molecule has 0 bridgehead atoms. The van der Waals surface area contributed by atoms with Gasteiger partial charge in [0.1, 0.15) is 11.5 Å². The molecule has 3 rings (SSSR count). The van der Waals surface area contributed by atoms with Crippen molar-refractivity contribution >= 4 is 33.1 Å². The Labute approximate surface area is 155 Å². The smallest absolute Gasteiger partial charge is 0.308 e. The third kappa shape index (κ3) is 3.88. The molecule has 0 atom stereocenters. The second kappa shape index (κ2) is 7.61. The van der Waals surface area contributed by atoms with Gasteiger partial charge in [0, 0.05) is 17.8 Å². The lowest BCUT2D eigenvalue weighted by molar-refractivity contribution is -0.118. The number of ether oxygens (including phenoxy) is 2. The second-order valence-corrected chi connectivity index (χ2v) is 7.02. The SMILES string of the molecule is COc1cccc(OCC(=O)Nc2ccc3c(c2)sc(=O)n3C(C)C)c1. The van der Waals surface area contributed by atoms with Gasteiger partial charge in [-0.1, -0.05) is 17.4 Å². The van der Waals surface area contributed by atoms with Crippen molar-refractivity contribution in [3.8, 4) is 11.5 Å². The van der Waals surface area contributed by atoms with Gasteiger partial charge >= 0.3 is 4.87 Å². The largest absolute Gasteiger partial charge is 0.497 e. The van der Waals surface area contributed by atoms with Crippen LogP contribution < -0.4 is 19.7 Å². The van der Waals surface area contributed by atoms with Gasteiger partial charge in [-0.25, -0.2) is 0 Å². The van der Waals surface area contributed by atoms with E-state index in [4.69, 9.17) is 9.47 Å². The lowest BCUT2D eigenvalue weighted by Crippen LogP contribution is -2.20. The summed E-state index contributed by atoms with van der Waals surface area (Å²) in [6, 6.07) is 12.6. The highest BCUT2D eigenvalue weighted by atomic mass is 32.1. The summed E-state index contributed by atoms with van der Waals surface area (Å²) >= 11 is 1.17. The molecule has 1 aromatic heterocycles. The predicted octanol–water partition coefficient (Wildman–Crippen LogP) is 3.67. The number of nitrogens with zero attached hydrogens (tertiary/aromatic N) is 1. The van der Waals surface area contributed by atoms with Crippen molar-refractivity contribution in [2.75, 3.05) is 19.0 Å². The number of methoxy groups -OCH3 is 1. The summed E-state index contributed by atoms with van der Waals surface area (Å²) < 4.78 is 13.2. The molecule has 0 aliphatic heterocycles. The van der Waals surface area contributed by atoms with E-state index in [0.29, 0.717) is 17.2 Å². The average molecular weight is 372 g/mol. The molecule has 1 N–H and O–H groups in total. The van der Waals surface area contributed by atoms with Crippen molar-refractivity contribution in [2.45, 2.75) is 19.9 Å². The number of amides is 1. The molecule has 3 aromatic rings. The minimum absolute atomic E-state index is 0.000153. The highest BCUT2D eigenvalue weighted by molar-refractivity contribution is 7.16. The maximum Gasteiger partial charge on any atom is 0.308 e. The highest BCUT2D eigenvalue weighted by Crippen LogP contribution is 2.24. The average Bonchev–Trinajstić information content (AvgIpc) is 2.95. The Balaban J connectivity index is 1.68. The molecule has 0 saturated carbocycles. The summed E-state index contributed by atoms with van der Waals surface area (Å²) in [7, 11) is 1.57. The van der Waals surface area contributed by atoms with Gasteiger partial charge in [0.05, 0.1) is 17.3 Å². The molecule has 0 aliphatic rings. The maximum atomic E-state index is 12.1. The fourth-order valence-corrected chi connectivity index (χ4v) is 3.69. The Morgan fingerprint density at radius 1 is 1.19 bits per heavy atom. The van der Waals surface area contributed by atoms with E-state index >= 15 is 0 Å². The minimum atomic E-state index is -0.275. The number of carbonyl (C=O) groups excluding carboxylic acids is 1. The van der Waals surface area contributed by atoms with Crippen LogP contribution in [0.1, 0.15) is 19.9 Å². The van der Waals surface area contributed by atoms with E-state index in [-0.39, 0.29) is 23.4 Å². The van der Waals surface area contributed by atoms with E-state index in [1.807, 2.05) is 26.0 Å². The first kappa shape index (κ1) is 18.0. The van der Waals surface area contributed by atoms with Crippen LogP contribution in [0.2, 0.25) is 0 Å². The summed E-state index contributed by atoms with van der Waals surface area (Å²) in [6.07, 6.45) is 0. The molecule has 1 amide bonds. The van der Waals surface area contributed by atoms with Crippen LogP contribution in [0.25, 0.3) is 10.2 Å². The number of benzene rings is 2. The minimum Gasteiger partial charge on any atom is -0.497 e. The number of aromatic nitrogens is 1. The van der Waals surface area contributed by atoms with E-state index in [1.165, 1.54) is 11.3 Å². The van der Waals surface area contributed by atoms with Gasteiger partial charge in [-0.15, -0.1) is 0 Å². The van der Waals surface area contributed by atoms with Gasteiger partial charge in [-0.05, 0) is 44.2 Å². The van der Waals surface area contributed by atoms with E-state index in [1.54, 1.807) is 42.0 Å². The molecule has 0 aliphatic carbocycles. The first-order chi connectivity index (χ1) is 12.5. The van der Waals surface area contributed by atoms with Gasteiger partial charge in [-0.3, -0.25) is 14.2 Å². The van der Waals surface area contributed by atoms with Crippen LogP contribution in [-0.2, 0) is 4.79 Å². The number of fused-ring (bicyclic) bond motifs is 1. The molecule has 6 nitrogen and oxygen atoms in total. The zero-order valence-electron chi connectivity index (χ0n) is 14.8. The van der Waals surface area contributed by atoms with Crippen molar-refractivity contribution < 1.29 is 14.3 Å². The first-order valence-electron chi connectivity index (χ1n) is 8.19. The summed E-state index contributed by atoms with van der Waals surface area (Å²) in [6.45, 7) is 3.83. The van der Waals surface area contributed by atoms with Crippen LogP contribution in [0, 0.1) is 0 Å². The van der Waals surface area contributed by atoms with E-state index < -0.39 is 0 Å². The van der Waals surface area contributed by atoms with Gasteiger partial charge in [-0.2, -0.15) is 0 Å². The number of anilines is 1. The Morgan fingerprint density at radius 3 is 2.69 bits per heavy atom. The number of rotatable bonds is 6. The second-order valence-electron chi connectivity index (χ2n) is 6.03. The Hall–Kier alpha value is -2.80. The maximum absolute atomic E-state index is 12.1. The molecule has 136 valence electrons. The number of carbonyl (C=O) groups is 1. The molecule has 0 saturated heterocycles. The van der Waals surface area contributed by atoms with Crippen LogP contribution in [0.3, 0.4) is 0 Å². The van der Waals surface area contributed by atoms with Crippen molar-refractivity contribution in [1.29, 1.82) is 0 Å². The first-order valence-corrected chi connectivity index (χ1v) is 9.01. The van der Waals surface area contributed by atoms with Crippen molar-refractivity contribution in [1.82, 2.24) is 4.57 Å². The van der Waals surface area contributed by atoms with Gasteiger partial charge in [0.2, 0.25) is 0 Å². The predicted molar refractivity (Wildman–Crippen MR) is 104 cm³/mol. The van der Waals surface area contributed by atoms with E-state index in [9.17, 15) is 9.59 Å². The summed E-state index contributed by atoms with van der Waals surface area (Å²) in [5, 5.41) is 2.79. The Kier molecular flexibility index (Phi) is 5.27. The third-order valence-electron chi connectivity index (χ3n) is 3.82. The van der Waals surface area contributed by atoms with Crippen molar-refractivity contribution in [3.05, 3.63) is 52.1 Å². The summed E-state index contributed by atoms with van der Waals surface area (Å²) in [5.41, 5.74) is 1.51. The molecule has 7 heteroatoms. The lowest BCUT2D eigenvalue weighted by Gasteiger charge is -2.10. The monoisotopic (exact) mass is 372 g/mol. The topological polar surface area (TPSA) is 69.6 Å². The lowest BCUT2D eigenvalue weighted by atomic mass is 10.2. The number of hydrogen-bond acceptors (Lipinski definition) is 5. The van der Waals surface area contributed by atoms with Gasteiger partial charge in [0.15, 0.2) is 6.61 Å². The summed E-state index contributed by atoms with van der Waals surface area (Å²) in [4.78, 5) is 24.2. The molecule has 0 fully saturated rings. The van der Waals surface area contributed by atoms with Crippen molar-refractivity contribution in [2.24, 2.45) is 0 Å². The van der Waals surface area contributed by atoms with E-state index in [0.717, 1.165) is 10.2 Å². The molecule has 0 radical (unpaired) electrons. The molecule has 0 spiro atoms. The van der Waals surface area contributed by atoms with E-state index in [2.05, 4.69) is 5.32 Å². The third-order valence-corrected chi connectivity index (χ3v) is 4.74. The molecule has 1 heterocycles. The summed E-state index contributed by atoms with van der Waals surface area (Å²) in [5.74, 6) is 0.947. The Morgan fingerprint density at radius 2 is 1.96 bits per heavy atom. The van der Waals surface area contributed by atoms with Crippen molar-refractivity contribution in [3.63, 3.8) is 0 Å². The molecule has 26 heavy (non-hydrogen) atoms. The number of hydrogen-bond donors (Lipinski definition) is 1. The zero-order valence-corrected chi connectivity index (χ0v) is 15.6. The van der Waals surface area contributed by atoms with Crippen LogP contribution in [0.4, 0.5) is 5.69 Å².